The highest BCUT2D eigenvalue weighted by Crippen LogP contribution is 2.28. The van der Waals surface area contributed by atoms with Crippen LogP contribution in [-0.2, 0) is 17.8 Å². The molecule has 1 aromatic carbocycles. The fourth-order valence-corrected chi connectivity index (χ4v) is 2.31. The van der Waals surface area contributed by atoms with Gasteiger partial charge in [-0.3, -0.25) is 14.9 Å². The number of rotatable bonds is 7. The average Bonchev–Trinajstić information content (AvgIpc) is 2.56. The van der Waals surface area contributed by atoms with E-state index < -0.39 is 4.92 Å². The number of ether oxygens (including phenoxy) is 1. The number of methoxy groups -OCH3 is 1. The number of hydrogen-bond donors (Lipinski definition) is 1. The summed E-state index contributed by atoms with van der Waals surface area (Å²) in [4.78, 5) is 22.5. The second-order valence-electron chi connectivity index (χ2n) is 5.32. The van der Waals surface area contributed by atoms with Crippen molar-refractivity contribution in [2.45, 2.75) is 26.3 Å². The molecule has 24 heavy (non-hydrogen) atoms. The molecule has 7 nitrogen and oxygen atoms in total. The minimum Gasteiger partial charge on any atom is -0.495 e. The van der Waals surface area contributed by atoms with Gasteiger partial charge in [-0.15, -0.1) is 0 Å². The van der Waals surface area contributed by atoms with Crippen LogP contribution >= 0.6 is 0 Å². The van der Waals surface area contributed by atoms with Gasteiger partial charge in [0.05, 0.1) is 17.7 Å². The lowest BCUT2D eigenvalue weighted by atomic mass is 10.1. The number of pyridine rings is 1. The highest BCUT2D eigenvalue weighted by atomic mass is 16.6. The molecular formula is C17H20N3O4+. The lowest BCUT2D eigenvalue weighted by Crippen LogP contribution is -2.39. The number of carbonyl (C=O) groups excluding carboxylic acids is 1. The number of carbonyl (C=O) groups is 1. The molecule has 2 rings (SSSR count). The van der Waals surface area contributed by atoms with E-state index in [4.69, 9.17) is 4.74 Å². The largest absolute Gasteiger partial charge is 0.495 e. The maximum Gasteiger partial charge on any atom is 0.290 e. The Morgan fingerprint density at radius 2 is 2.00 bits per heavy atom. The summed E-state index contributed by atoms with van der Waals surface area (Å²) < 4.78 is 6.88. The first-order valence-corrected chi connectivity index (χ1v) is 7.63. The third kappa shape index (κ3) is 4.52. The van der Waals surface area contributed by atoms with Crippen molar-refractivity contribution in [3.05, 3.63) is 58.4 Å². The maximum atomic E-state index is 12.2. The van der Waals surface area contributed by atoms with Crippen LogP contribution in [0.4, 0.5) is 11.4 Å². The molecule has 0 atom stereocenters. The molecule has 1 aromatic heterocycles. The van der Waals surface area contributed by atoms with E-state index in [-0.39, 0.29) is 23.8 Å². The van der Waals surface area contributed by atoms with Gasteiger partial charge < -0.3 is 10.1 Å². The summed E-state index contributed by atoms with van der Waals surface area (Å²) in [5, 5.41) is 13.5. The zero-order chi connectivity index (χ0) is 17.5. The summed E-state index contributed by atoms with van der Waals surface area (Å²) in [6, 6.07) is 8.03. The molecule has 0 bridgehead atoms. The Bertz CT molecular complexity index is 729. The standard InChI is InChI=1S/C17H19N3O4/c1-3-4-13-7-9-19(10-8-13)12-17(21)18-15-11-14(20(22)23)5-6-16(15)24-2/h5-11H,3-4,12H2,1-2H3/p+1. The van der Waals surface area contributed by atoms with Crippen molar-refractivity contribution in [3.63, 3.8) is 0 Å². The van der Waals surface area contributed by atoms with Crippen LogP contribution in [0, 0.1) is 10.1 Å². The van der Waals surface area contributed by atoms with Gasteiger partial charge in [0, 0.05) is 24.3 Å². The molecule has 0 aliphatic heterocycles. The van der Waals surface area contributed by atoms with Gasteiger partial charge in [-0.25, -0.2) is 0 Å². The van der Waals surface area contributed by atoms with Crippen molar-refractivity contribution in [2.75, 3.05) is 12.4 Å². The maximum absolute atomic E-state index is 12.2. The molecule has 2 aromatic rings. The highest BCUT2D eigenvalue weighted by molar-refractivity contribution is 5.91. The fraction of sp³-hybridized carbons (Fsp3) is 0.294. The topological polar surface area (TPSA) is 85.3 Å². The van der Waals surface area contributed by atoms with Crippen LogP contribution < -0.4 is 14.6 Å². The Kier molecular flexibility index (Phi) is 5.83. The van der Waals surface area contributed by atoms with Gasteiger partial charge in [-0.2, -0.15) is 4.57 Å². The van der Waals surface area contributed by atoms with Crippen molar-refractivity contribution in [2.24, 2.45) is 0 Å². The second-order valence-corrected chi connectivity index (χ2v) is 5.32. The number of nitro groups is 1. The number of aromatic nitrogens is 1. The van der Waals surface area contributed by atoms with E-state index in [1.165, 1.54) is 30.9 Å². The molecule has 1 N–H and O–H groups in total. The SMILES string of the molecule is CCCc1cc[n+](CC(=O)Nc2cc([N+](=O)[O-])ccc2OC)cc1. The third-order valence-electron chi connectivity index (χ3n) is 3.49. The molecule has 0 saturated carbocycles. The smallest absolute Gasteiger partial charge is 0.290 e. The number of nitrogens with zero attached hydrogens (tertiary/aromatic N) is 2. The Morgan fingerprint density at radius 3 is 2.58 bits per heavy atom. The van der Waals surface area contributed by atoms with Crippen LogP contribution in [0.5, 0.6) is 5.75 Å². The van der Waals surface area contributed by atoms with Gasteiger partial charge in [0.2, 0.25) is 6.54 Å². The van der Waals surface area contributed by atoms with E-state index in [1.807, 2.05) is 24.5 Å². The Hall–Kier alpha value is -2.96. The lowest BCUT2D eigenvalue weighted by molar-refractivity contribution is -0.684. The van der Waals surface area contributed by atoms with Crippen molar-refractivity contribution < 1.29 is 19.0 Å². The van der Waals surface area contributed by atoms with E-state index in [0.29, 0.717) is 5.75 Å². The predicted octanol–water partition coefficient (Wildman–Crippen LogP) is 2.48. The van der Waals surface area contributed by atoms with Gasteiger partial charge in [-0.05, 0) is 18.1 Å². The average molecular weight is 330 g/mol. The number of benzene rings is 1. The zero-order valence-electron chi connectivity index (χ0n) is 13.7. The fourth-order valence-electron chi connectivity index (χ4n) is 2.31. The summed E-state index contributed by atoms with van der Waals surface area (Å²) in [5.41, 5.74) is 1.39. The number of anilines is 1. The second kappa shape index (κ2) is 8.05. The first-order valence-electron chi connectivity index (χ1n) is 7.63. The molecule has 0 fully saturated rings. The van der Waals surface area contributed by atoms with Crippen LogP contribution in [0.1, 0.15) is 18.9 Å². The summed E-state index contributed by atoms with van der Waals surface area (Å²) in [6.07, 6.45) is 5.75. The number of non-ortho nitro benzene ring substituents is 1. The first kappa shape index (κ1) is 17.4. The Labute approximate surface area is 140 Å². The van der Waals surface area contributed by atoms with Crippen LogP contribution in [0.3, 0.4) is 0 Å². The predicted molar refractivity (Wildman–Crippen MR) is 88.9 cm³/mol. The van der Waals surface area contributed by atoms with E-state index in [1.54, 1.807) is 4.57 Å². The molecule has 1 heterocycles. The lowest BCUT2D eigenvalue weighted by Gasteiger charge is -2.08. The zero-order valence-corrected chi connectivity index (χ0v) is 13.7. The molecule has 1 amide bonds. The van der Waals surface area contributed by atoms with E-state index in [9.17, 15) is 14.9 Å². The van der Waals surface area contributed by atoms with E-state index in [0.717, 1.165) is 12.8 Å². The number of nitro benzene ring substituents is 1. The van der Waals surface area contributed by atoms with Gasteiger partial charge in [0.15, 0.2) is 12.4 Å². The summed E-state index contributed by atoms with van der Waals surface area (Å²) in [5.74, 6) is 0.0827. The number of amides is 1. The number of aryl methyl sites for hydroxylation is 1. The Morgan fingerprint density at radius 1 is 1.29 bits per heavy atom. The number of hydrogen-bond acceptors (Lipinski definition) is 4. The van der Waals surface area contributed by atoms with Crippen LogP contribution in [-0.4, -0.2) is 17.9 Å². The van der Waals surface area contributed by atoms with Gasteiger partial charge in [0.1, 0.15) is 5.75 Å². The monoisotopic (exact) mass is 330 g/mol. The normalized spacial score (nSPS) is 10.2. The third-order valence-corrected chi connectivity index (χ3v) is 3.49. The quantitative estimate of drug-likeness (QED) is 0.480. The molecule has 0 saturated heterocycles. The van der Waals surface area contributed by atoms with Gasteiger partial charge in [0.25, 0.3) is 11.6 Å². The summed E-state index contributed by atoms with van der Waals surface area (Å²) in [7, 11) is 1.44. The summed E-state index contributed by atoms with van der Waals surface area (Å²) in [6.45, 7) is 2.22. The Balaban J connectivity index is 2.08. The van der Waals surface area contributed by atoms with Crippen LogP contribution in [0.25, 0.3) is 0 Å². The number of nitrogens with one attached hydrogen (secondary N) is 1. The minimum absolute atomic E-state index is 0.109. The van der Waals surface area contributed by atoms with Crippen molar-refractivity contribution >= 4 is 17.3 Å². The molecule has 0 aliphatic carbocycles. The van der Waals surface area contributed by atoms with Crippen LogP contribution in [0.15, 0.2) is 42.7 Å². The molecule has 0 spiro atoms. The highest BCUT2D eigenvalue weighted by Gasteiger charge is 2.16. The molecular weight excluding hydrogens is 310 g/mol. The van der Waals surface area contributed by atoms with Gasteiger partial charge >= 0.3 is 0 Å². The van der Waals surface area contributed by atoms with Crippen molar-refractivity contribution in [1.29, 1.82) is 0 Å². The first-order chi connectivity index (χ1) is 11.5. The van der Waals surface area contributed by atoms with Gasteiger partial charge in [-0.1, -0.05) is 13.3 Å². The molecule has 126 valence electrons. The van der Waals surface area contributed by atoms with Crippen LogP contribution in [0.2, 0.25) is 0 Å². The minimum atomic E-state index is -0.518. The molecule has 0 aliphatic rings. The van der Waals surface area contributed by atoms with E-state index >= 15 is 0 Å². The molecule has 0 unspecified atom stereocenters. The molecule has 7 heteroatoms. The van der Waals surface area contributed by atoms with Crippen molar-refractivity contribution in [1.82, 2.24) is 0 Å². The summed E-state index contributed by atoms with van der Waals surface area (Å²) >= 11 is 0. The molecule has 0 radical (unpaired) electrons. The van der Waals surface area contributed by atoms with Crippen molar-refractivity contribution in [3.8, 4) is 5.75 Å². The van der Waals surface area contributed by atoms with E-state index in [2.05, 4.69) is 12.2 Å².